The maximum absolute atomic E-state index is 13.5. The zero-order valence-corrected chi connectivity index (χ0v) is 19.6. The van der Waals surface area contributed by atoms with Crippen LogP contribution in [-0.2, 0) is 0 Å². The van der Waals surface area contributed by atoms with E-state index in [-0.39, 0.29) is 18.0 Å². The molecule has 0 radical (unpaired) electrons. The standard InChI is InChI=1S/C24H28N10O/c1-15-13-34-21(26-23(15)32-11-9-18(25)14-32)12-19(29-34)20-4-2-3-10-33(20)24(35)17-7-5-16(6-8-17)22-27-30-31-28-22/h5-8,12-13,18,20H,2-4,9-11,14,25H2,1H3,(H,27,28,30,31)/t18-,20-/m0/s1. The topological polar surface area (TPSA) is 134 Å². The summed E-state index contributed by atoms with van der Waals surface area (Å²) in [4.78, 5) is 22.6. The molecule has 3 N–H and O–H groups in total. The minimum Gasteiger partial charge on any atom is -0.355 e. The second kappa shape index (κ2) is 8.73. The lowest BCUT2D eigenvalue weighted by molar-refractivity contribution is 0.0605. The third kappa shape index (κ3) is 4.01. The Morgan fingerprint density at radius 3 is 2.74 bits per heavy atom. The van der Waals surface area contributed by atoms with Crippen LogP contribution in [0.5, 0.6) is 0 Å². The molecule has 0 saturated carbocycles. The van der Waals surface area contributed by atoms with Gasteiger partial charge in [0.05, 0.1) is 11.7 Å². The number of hydrogen-bond donors (Lipinski definition) is 2. The molecule has 3 aromatic heterocycles. The molecule has 1 amide bonds. The molecule has 2 fully saturated rings. The predicted octanol–water partition coefficient (Wildman–Crippen LogP) is 2.12. The number of fused-ring (bicyclic) bond motifs is 1. The largest absolute Gasteiger partial charge is 0.355 e. The maximum atomic E-state index is 13.5. The average molecular weight is 473 g/mol. The molecule has 1 aromatic carbocycles. The Labute approximate surface area is 202 Å². The number of H-pyrrole nitrogens is 1. The summed E-state index contributed by atoms with van der Waals surface area (Å²) in [6.45, 7) is 4.50. The summed E-state index contributed by atoms with van der Waals surface area (Å²) in [5.41, 5.74) is 10.3. The third-order valence-corrected chi connectivity index (χ3v) is 7.00. The van der Waals surface area contributed by atoms with Gasteiger partial charge < -0.3 is 15.5 Å². The molecule has 5 heterocycles. The number of anilines is 1. The van der Waals surface area contributed by atoms with Crippen molar-refractivity contribution in [3.05, 3.63) is 53.3 Å². The summed E-state index contributed by atoms with van der Waals surface area (Å²) in [6, 6.07) is 9.50. The quantitative estimate of drug-likeness (QED) is 0.461. The van der Waals surface area contributed by atoms with Crippen molar-refractivity contribution in [1.29, 1.82) is 0 Å². The van der Waals surface area contributed by atoms with Crippen LogP contribution in [0.25, 0.3) is 17.0 Å². The van der Waals surface area contributed by atoms with Gasteiger partial charge >= 0.3 is 0 Å². The van der Waals surface area contributed by atoms with Crippen molar-refractivity contribution in [3.63, 3.8) is 0 Å². The number of hydrogen-bond acceptors (Lipinski definition) is 8. The number of nitrogens with two attached hydrogens (primary N) is 1. The molecule has 11 heteroatoms. The first-order valence-corrected chi connectivity index (χ1v) is 12.1. The molecule has 35 heavy (non-hydrogen) atoms. The van der Waals surface area contributed by atoms with Gasteiger partial charge in [0.25, 0.3) is 5.91 Å². The van der Waals surface area contributed by atoms with E-state index in [2.05, 4.69) is 32.4 Å². The van der Waals surface area contributed by atoms with Crippen molar-refractivity contribution in [2.75, 3.05) is 24.5 Å². The molecule has 2 aliphatic heterocycles. The van der Waals surface area contributed by atoms with Crippen LogP contribution >= 0.6 is 0 Å². The van der Waals surface area contributed by atoms with Crippen LogP contribution in [0.2, 0.25) is 0 Å². The van der Waals surface area contributed by atoms with Gasteiger partial charge in [0.15, 0.2) is 11.5 Å². The van der Waals surface area contributed by atoms with Crippen molar-refractivity contribution in [1.82, 2.24) is 40.1 Å². The fourth-order valence-electron chi connectivity index (χ4n) is 5.18. The van der Waals surface area contributed by atoms with E-state index < -0.39 is 0 Å². The molecule has 2 atom stereocenters. The Bertz CT molecular complexity index is 1350. The van der Waals surface area contributed by atoms with Gasteiger partial charge in [-0.15, -0.1) is 5.10 Å². The van der Waals surface area contributed by atoms with E-state index in [9.17, 15) is 4.79 Å². The van der Waals surface area contributed by atoms with Crippen molar-refractivity contribution < 1.29 is 4.79 Å². The smallest absolute Gasteiger partial charge is 0.254 e. The van der Waals surface area contributed by atoms with E-state index in [0.717, 1.165) is 67.1 Å². The molecule has 11 nitrogen and oxygen atoms in total. The summed E-state index contributed by atoms with van der Waals surface area (Å²) in [7, 11) is 0. The van der Waals surface area contributed by atoms with Gasteiger partial charge in [-0.25, -0.2) is 14.6 Å². The van der Waals surface area contributed by atoms with Gasteiger partial charge in [-0.2, -0.15) is 5.10 Å². The molecular weight excluding hydrogens is 444 g/mol. The zero-order valence-electron chi connectivity index (χ0n) is 19.6. The lowest BCUT2D eigenvalue weighted by Gasteiger charge is -2.34. The van der Waals surface area contributed by atoms with E-state index in [1.807, 2.05) is 45.9 Å². The van der Waals surface area contributed by atoms with E-state index in [1.165, 1.54) is 0 Å². The van der Waals surface area contributed by atoms with Crippen molar-refractivity contribution >= 4 is 17.4 Å². The Kier molecular flexibility index (Phi) is 5.40. The van der Waals surface area contributed by atoms with Crippen LogP contribution in [0.4, 0.5) is 5.82 Å². The number of amides is 1. The number of aryl methyl sites for hydroxylation is 1. The van der Waals surface area contributed by atoms with E-state index >= 15 is 0 Å². The molecule has 6 rings (SSSR count). The molecule has 2 saturated heterocycles. The highest BCUT2D eigenvalue weighted by Gasteiger charge is 2.31. The van der Waals surface area contributed by atoms with Crippen molar-refractivity contribution in [2.24, 2.45) is 5.73 Å². The number of nitrogens with one attached hydrogen (secondary N) is 1. The highest BCUT2D eigenvalue weighted by molar-refractivity contribution is 5.95. The number of tetrazole rings is 1. The Hall–Kier alpha value is -3.86. The number of nitrogens with zero attached hydrogens (tertiary/aromatic N) is 8. The summed E-state index contributed by atoms with van der Waals surface area (Å²) in [6.07, 6.45) is 5.92. The van der Waals surface area contributed by atoms with Crippen molar-refractivity contribution in [3.8, 4) is 11.4 Å². The highest BCUT2D eigenvalue weighted by atomic mass is 16.2. The van der Waals surface area contributed by atoms with Gasteiger partial charge in [0.2, 0.25) is 0 Å². The van der Waals surface area contributed by atoms with E-state index in [1.54, 1.807) is 0 Å². The minimum absolute atomic E-state index is 0.00452. The zero-order chi connectivity index (χ0) is 23.9. The summed E-state index contributed by atoms with van der Waals surface area (Å²) in [5.74, 6) is 1.54. The molecule has 4 aromatic rings. The molecular formula is C24H28N10O. The minimum atomic E-state index is -0.0833. The van der Waals surface area contributed by atoms with Crippen LogP contribution in [-0.4, -0.2) is 71.7 Å². The van der Waals surface area contributed by atoms with Crippen LogP contribution < -0.4 is 10.6 Å². The molecule has 180 valence electrons. The number of likely N-dealkylation sites (tertiary alicyclic amines) is 1. The van der Waals surface area contributed by atoms with Crippen LogP contribution in [0.3, 0.4) is 0 Å². The monoisotopic (exact) mass is 472 g/mol. The van der Waals surface area contributed by atoms with Crippen molar-refractivity contribution in [2.45, 2.75) is 44.7 Å². The Morgan fingerprint density at radius 2 is 2.00 bits per heavy atom. The number of carbonyl (C=O) groups excluding carboxylic acids is 1. The maximum Gasteiger partial charge on any atom is 0.254 e. The number of carbonyl (C=O) groups is 1. The number of benzene rings is 1. The Morgan fingerprint density at radius 1 is 1.14 bits per heavy atom. The predicted molar refractivity (Wildman–Crippen MR) is 130 cm³/mol. The van der Waals surface area contributed by atoms with Crippen LogP contribution in [0.15, 0.2) is 36.5 Å². The SMILES string of the molecule is Cc1cn2nc([C@@H]3CCCCN3C(=O)c3ccc(-c4nnn[nH]4)cc3)cc2nc1N1CC[C@H](N)C1. The average Bonchev–Trinajstić information content (AvgIpc) is 3.64. The number of piperidine rings is 1. The van der Waals surface area contributed by atoms with Crippen LogP contribution in [0.1, 0.15) is 53.3 Å². The summed E-state index contributed by atoms with van der Waals surface area (Å²) < 4.78 is 1.83. The second-order valence-electron chi connectivity index (χ2n) is 9.45. The third-order valence-electron chi connectivity index (χ3n) is 7.00. The van der Waals surface area contributed by atoms with Gasteiger partial charge in [0.1, 0.15) is 5.82 Å². The van der Waals surface area contributed by atoms with E-state index in [4.69, 9.17) is 15.8 Å². The van der Waals surface area contributed by atoms with Gasteiger partial charge in [-0.05, 0) is 55.2 Å². The summed E-state index contributed by atoms with van der Waals surface area (Å²) in [5, 5.41) is 18.7. The van der Waals surface area contributed by atoms with E-state index in [0.29, 0.717) is 17.9 Å². The fourth-order valence-corrected chi connectivity index (χ4v) is 5.18. The van der Waals surface area contributed by atoms with Gasteiger partial charge in [0, 0.05) is 54.6 Å². The molecule has 0 bridgehead atoms. The fraction of sp³-hybridized carbons (Fsp3) is 0.417. The molecule has 0 spiro atoms. The number of aromatic amines is 1. The Balaban J connectivity index is 1.28. The normalized spacial score (nSPS) is 20.6. The lowest BCUT2D eigenvalue weighted by Crippen LogP contribution is -2.38. The highest BCUT2D eigenvalue weighted by Crippen LogP contribution is 2.33. The molecule has 0 unspecified atom stereocenters. The van der Waals surface area contributed by atoms with Gasteiger partial charge in [-0.1, -0.05) is 12.1 Å². The van der Waals surface area contributed by atoms with Gasteiger partial charge in [-0.3, -0.25) is 4.79 Å². The van der Waals surface area contributed by atoms with Crippen LogP contribution in [0, 0.1) is 6.92 Å². The second-order valence-corrected chi connectivity index (χ2v) is 9.45. The first kappa shape index (κ1) is 21.7. The summed E-state index contributed by atoms with van der Waals surface area (Å²) >= 11 is 0. The number of rotatable bonds is 4. The molecule has 2 aliphatic rings. The lowest BCUT2D eigenvalue weighted by atomic mass is 9.98. The first-order chi connectivity index (χ1) is 17.1. The first-order valence-electron chi connectivity index (χ1n) is 12.1. The molecule has 0 aliphatic carbocycles. The number of aromatic nitrogens is 7.